The Balaban J connectivity index is 1.29. The monoisotopic (exact) mass is 570 g/mol. The Labute approximate surface area is 237 Å². The summed E-state index contributed by atoms with van der Waals surface area (Å²) in [5.74, 6) is -1.82. The second-order valence-corrected chi connectivity index (χ2v) is 10.3. The summed E-state index contributed by atoms with van der Waals surface area (Å²) in [6, 6.07) is 14.3. The van der Waals surface area contributed by atoms with Crippen LogP contribution in [-0.4, -0.2) is 33.1 Å². The normalized spacial score (nSPS) is 12.2. The molecule has 3 aromatic heterocycles. The fourth-order valence-corrected chi connectivity index (χ4v) is 5.25. The first-order valence-corrected chi connectivity index (χ1v) is 13.1. The highest BCUT2D eigenvalue weighted by molar-refractivity contribution is 6.30. The third-order valence-corrected chi connectivity index (χ3v) is 7.53. The van der Waals surface area contributed by atoms with Gasteiger partial charge >= 0.3 is 11.6 Å². The van der Waals surface area contributed by atoms with Gasteiger partial charge in [-0.1, -0.05) is 23.7 Å². The van der Waals surface area contributed by atoms with Crippen molar-refractivity contribution in [2.45, 2.75) is 25.8 Å². The van der Waals surface area contributed by atoms with E-state index in [1.807, 2.05) is 18.2 Å². The molecule has 3 aromatic carbocycles. The number of furan rings is 1. The van der Waals surface area contributed by atoms with Crippen LogP contribution >= 0.6 is 11.6 Å². The number of hydrogen-bond acceptors (Lipinski definition) is 6. The number of rotatable bonds is 7. The number of phenolic OH excluding ortho intramolecular Hbond substituents is 1. The maximum atomic E-state index is 13.0. The number of carboxylic acids is 1. The van der Waals surface area contributed by atoms with Crippen molar-refractivity contribution < 1.29 is 28.6 Å². The van der Waals surface area contributed by atoms with E-state index in [9.17, 15) is 24.6 Å². The highest BCUT2D eigenvalue weighted by Crippen LogP contribution is 2.35. The molecule has 0 radical (unpaired) electrons. The van der Waals surface area contributed by atoms with Gasteiger partial charge in [0.05, 0.1) is 18.2 Å². The summed E-state index contributed by atoms with van der Waals surface area (Å²) in [4.78, 5) is 41.0. The number of carbonyl (C=O) groups excluding carboxylic acids is 1. The highest BCUT2D eigenvalue weighted by atomic mass is 35.5. The fourth-order valence-electron chi connectivity index (χ4n) is 5.13. The van der Waals surface area contributed by atoms with Crippen LogP contribution in [0, 0.1) is 6.92 Å². The molecule has 4 N–H and O–H groups in total. The fraction of sp³-hybridized carbons (Fsp3) is 0.129. The second kappa shape index (κ2) is 10.2. The number of aryl methyl sites for hydroxylation is 1. The molecule has 1 amide bonds. The first-order valence-electron chi connectivity index (χ1n) is 12.7. The minimum atomic E-state index is -1.26. The van der Waals surface area contributed by atoms with E-state index >= 15 is 0 Å². The van der Waals surface area contributed by atoms with Gasteiger partial charge < -0.3 is 29.3 Å². The summed E-state index contributed by atoms with van der Waals surface area (Å²) in [6.07, 6.45) is 2.87. The van der Waals surface area contributed by atoms with Gasteiger partial charge in [0, 0.05) is 50.9 Å². The molecule has 1 atom stereocenters. The highest BCUT2D eigenvalue weighted by Gasteiger charge is 2.24. The number of amides is 1. The average Bonchev–Trinajstić information content (AvgIpc) is 3.53. The summed E-state index contributed by atoms with van der Waals surface area (Å²) in [5, 5.41) is 24.9. The summed E-state index contributed by atoms with van der Waals surface area (Å²) in [5.41, 5.74) is 3.91. The van der Waals surface area contributed by atoms with Crippen molar-refractivity contribution in [1.82, 2.24) is 10.3 Å². The van der Waals surface area contributed by atoms with Crippen LogP contribution in [0.25, 0.3) is 44.0 Å². The molecule has 0 spiro atoms. The molecule has 0 aliphatic heterocycles. The van der Waals surface area contributed by atoms with E-state index in [1.165, 1.54) is 12.1 Å². The van der Waals surface area contributed by atoms with E-state index in [-0.39, 0.29) is 24.2 Å². The van der Waals surface area contributed by atoms with Crippen LogP contribution in [-0.2, 0) is 22.4 Å². The molecule has 41 heavy (non-hydrogen) atoms. The van der Waals surface area contributed by atoms with E-state index in [2.05, 4.69) is 10.3 Å². The standard InChI is InChI=1S/C31H23ClN2O7/c1-15-20-10-23-24(16-2-4-18(32)5-3-16)14-40-27(23)12-28(20)41-31(39)21(15)11-29(36)34-26(30(37)38)8-17-13-33-25-7-6-19(35)9-22(17)25/h2-7,9-10,12-14,26,33,35H,8,11H2,1H3,(H,34,36)(H,37,38)/t26-/m1/s1. The maximum absolute atomic E-state index is 13.0. The molecule has 0 saturated heterocycles. The molecule has 6 aromatic rings. The molecule has 0 aliphatic rings. The molecule has 9 nitrogen and oxygen atoms in total. The van der Waals surface area contributed by atoms with Gasteiger partial charge in [0.15, 0.2) is 0 Å². The average molecular weight is 571 g/mol. The molecule has 0 unspecified atom stereocenters. The predicted molar refractivity (Wildman–Crippen MR) is 154 cm³/mol. The smallest absolute Gasteiger partial charge is 0.340 e. The quantitative estimate of drug-likeness (QED) is 0.180. The molecule has 6 rings (SSSR count). The van der Waals surface area contributed by atoms with Crippen molar-refractivity contribution in [3.8, 4) is 16.9 Å². The summed E-state index contributed by atoms with van der Waals surface area (Å²) >= 11 is 6.04. The van der Waals surface area contributed by atoms with E-state index < -0.39 is 23.5 Å². The van der Waals surface area contributed by atoms with Crippen LogP contribution in [0.4, 0.5) is 0 Å². The second-order valence-electron chi connectivity index (χ2n) is 9.88. The summed E-state index contributed by atoms with van der Waals surface area (Å²) < 4.78 is 11.3. The van der Waals surface area contributed by atoms with E-state index in [1.54, 1.807) is 43.6 Å². The Morgan fingerprint density at radius 1 is 1.02 bits per heavy atom. The van der Waals surface area contributed by atoms with Gasteiger partial charge in [0.1, 0.15) is 23.0 Å². The third kappa shape index (κ3) is 4.92. The van der Waals surface area contributed by atoms with Gasteiger partial charge in [-0.3, -0.25) is 4.79 Å². The van der Waals surface area contributed by atoms with E-state index in [4.69, 9.17) is 20.4 Å². The van der Waals surface area contributed by atoms with Gasteiger partial charge in [-0.2, -0.15) is 0 Å². The van der Waals surface area contributed by atoms with Crippen LogP contribution < -0.4 is 10.9 Å². The van der Waals surface area contributed by atoms with Crippen molar-refractivity contribution in [1.29, 1.82) is 0 Å². The molecule has 10 heteroatoms. The number of carboxylic acid groups (broad SMARTS) is 1. The van der Waals surface area contributed by atoms with Crippen LogP contribution in [0.15, 0.2) is 80.7 Å². The zero-order valence-corrected chi connectivity index (χ0v) is 22.4. The number of fused-ring (bicyclic) bond motifs is 3. The van der Waals surface area contributed by atoms with E-state index in [0.717, 1.165) is 22.0 Å². The zero-order chi connectivity index (χ0) is 28.8. The number of halogens is 1. The molecular weight excluding hydrogens is 548 g/mol. The third-order valence-electron chi connectivity index (χ3n) is 7.28. The SMILES string of the molecule is Cc1c(CC(=O)N[C@H](Cc2c[nH]c3ccc(O)cc23)C(=O)O)c(=O)oc2cc3occ(-c4ccc(Cl)cc4)c3cc12. The van der Waals surface area contributed by atoms with Gasteiger partial charge in [-0.05, 0) is 60.0 Å². The minimum absolute atomic E-state index is 0.0260. The zero-order valence-electron chi connectivity index (χ0n) is 21.7. The Morgan fingerprint density at radius 3 is 2.56 bits per heavy atom. The van der Waals surface area contributed by atoms with Crippen LogP contribution in [0.5, 0.6) is 5.75 Å². The number of phenols is 1. The molecular formula is C31H23ClN2O7. The molecule has 206 valence electrons. The Hall–Kier alpha value is -5.02. The van der Waals surface area contributed by atoms with Gasteiger partial charge in [0.25, 0.3) is 0 Å². The number of aromatic amines is 1. The van der Waals surface area contributed by atoms with Crippen molar-refractivity contribution in [2.24, 2.45) is 0 Å². The molecule has 0 fully saturated rings. The van der Waals surface area contributed by atoms with Crippen LogP contribution in [0.3, 0.4) is 0 Å². The number of aromatic nitrogens is 1. The number of H-pyrrole nitrogens is 1. The Bertz CT molecular complexity index is 2040. The number of benzene rings is 3. The number of hydrogen-bond donors (Lipinski definition) is 4. The Morgan fingerprint density at radius 2 is 1.80 bits per heavy atom. The van der Waals surface area contributed by atoms with Crippen molar-refractivity contribution >= 4 is 56.3 Å². The lowest BCUT2D eigenvalue weighted by molar-refractivity contribution is -0.141. The number of aliphatic carboxylic acids is 1. The molecule has 0 aliphatic carbocycles. The van der Waals surface area contributed by atoms with Gasteiger partial charge in [0.2, 0.25) is 5.91 Å². The lowest BCUT2D eigenvalue weighted by Gasteiger charge is -2.15. The summed E-state index contributed by atoms with van der Waals surface area (Å²) in [6.45, 7) is 1.73. The van der Waals surface area contributed by atoms with Crippen molar-refractivity contribution in [2.75, 3.05) is 0 Å². The molecule has 0 saturated carbocycles. The van der Waals surface area contributed by atoms with Crippen LogP contribution in [0.2, 0.25) is 5.02 Å². The minimum Gasteiger partial charge on any atom is -0.508 e. The number of aromatic hydroxyl groups is 1. The first-order chi connectivity index (χ1) is 19.7. The number of nitrogens with one attached hydrogen (secondary N) is 2. The van der Waals surface area contributed by atoms with Gasteiger partial charge in [-0.25, -0.2) is 9.59 Å². The lowest BCUT2D eigenvalue weighted by Crippen LogP contribution is -2.43. The van der Waals surface area contributed by atoms with Gasteiger partial charge in [-0.15, -0.1) is 0 Å². The largest absolute Gasteiger partial charge is 0.508 e. The molecule has 0 bridgehead atoms. The van der Waals surface area contributed by atoms with Crippen molar-refractivity contribution in [3.63, 3.8) is 0 Å². The Kier molecular flexibility index (Phi) is 6.51. The number of carbonyl (C=O) groups is 2. The lowest BCUT2D eigenvalue weighted by atomic mass is 9.99. The maximum Gasteiger partial charge on any atom is 0.340 e. The topological polar surface area (TPSA) is 146 Å². The first kappa shape index (κ1) is 26.2. The molecule has 3 heterocycles. The summed E-state index contributed by atoms with van der Waals surface area (Å²) in [7, 11) is 0. The van der Waals surface area contributed by atoms with E-state index in [0.29, 0.717) is 38.1 Å². The van der Waals surface area contributed by atoms with Crippen LogP contribution in [0.1, 0.15) is 16.7 Å². The predicted octanol–water partition coefficient (Wildman–Crippen LogP) is 5.71. The van der Waals surface area contributed by atoms with Crippen molar-refractivity contribution in [3.05, 3.63) is 99.2 Å².